The van der Waals surface area contributed by atoms with Crippen molar-refractivity contribution in [1.29, 1.82) is 0 Å². The molecule has 1 aliphatic rings. The molecule has 0 bridgehead atoms. The van der Waals surface area contributed by atoms with Gasteiger partial charge in [-0.3, -0.25) is 14.6 Å². The van der Waals surface area contributed by atoms with Crippen LogP contribution in [0.15, 0.2) is 24.5 Å². The minimum atomic E-state index is -0.809. The van der Waals surface area contributed by atoms with Crippen LogP contribution >= 0.6 is 0 Å². The van der Waals surface area contributed by atoms with Crippen LogP contribution in [0.1, 0.15) is 18.4 Å². The second kappa shape index (κ2) is 5.62. The van der Waals surface area contributed by atoms with Crippen molar-refractivity contribution in [3.8, 4) is 0 Å². The number of rotatable bonds is 3. The number of piperidine rings is 1. The molecule has 1 saturated heterocycles. The van der Waals surface area contributed by atoms with Gasteiger partial charge in [0.1, 0.15) is 0 Å². The van der Waals surface area contributed by atoms with Crippen LogP contribution in [0.25, 0.3) is 0 Å². The highest BCUT2D eigenvalue weighted by molar-refractivity contribution is 5.80. The van der Waals surface area contributed by atoms with Gasteiger partial charge in [-0.15, -0.1) is 0 Å². The summed E-state index contributed by atoms with van der Waals surface area (Å²) in [5, 5.41) is 8.98. The van der Waals surface area contributed by atoms with Crippen LogP contribution in [0.5, 0.6) is 0 Å². The number of carbonyl (C=O) groups excluding carboxylic acids is 1. The number of carboxylic acids is 1. The Hall–Kier alpha value is -1.91. The Bertz CT molecular complexity index is 433. The van der Waals surface area contributed by atoms with Crippen LogP contribution in [0.2, 0.25) is 0 Å². The number of carbonyl (C=O) groups is 2. The Labute approximate surface area is 105 Å². The maximum atomic E-state index is 12.0. The molecule has 0 aliphatic carbocycles. The van der Waals surface area contributed by atoms with Gasteiger partial charge in [0.05, 0.1) is 12.3 Å². The SMILES string of the molecule is O=C(O)[C@H]1CCCN(C(=O)Cc2ccncc2)C1. The molecule has 5 heteroatoms. The topological polar surface area (TPSA) is 70.5 Å². The van der Waals surface area contributed by atoms with Crippen molar-refractivity contribution < 1.29 is 14.7 Å². The van der Waals surface area contributed by atoms with Gasteiger partial charge in [0.2, 0.25) is 5.91 Å². The van der Waals surface area contributed by atoms with Crippen molar-refractivity contribution in [2.75, 3.05) is 13.1 Å². The molecule has 5 nitrogen and oxygen atoms in total. The molecule has 1 atom stereocenters. The summed E-state index contributed by atoms with van der Waals surface area (Å²) in [4.78, 5) is 28.5. The average Bonchev–Trinajstić information content (AvgIpc) is 2.40. The summed E-state index contributed by atoms with van der Waals surface area (Å²) in [6.07, 6.45) is 5.04. The van der Waals surface area contributed by atoms with E-state index >= 15 is 0 Å². The highest BCUT2D eigenvalue weighted by atomic mass is 16.4. The number of hydrogen-bond acceptors (Lipinski definition) is 3. The molecular formula is C13H16N2O3. The van der Waals surface area contributed by atoms with Crippen LogP contribution < -0.4 is 0 Å². The number of likely N-dealkylation sites (tertiary alicyclic amines) is 1. The van der Waals surface area contributed by atoms with Crippen LogP contribution in [0.4, 0.5) is 0 Å². The number of aliphatic carboxylic acids is 1. The maximum absolute atomic E-state index is 12.0. The molecule has 1 aliphatic heterocycles. The molecule has 0 saturated carbocycles. The second-order valence-corrected chi connectivity index (χ2v) is 4.55. The quantitative estimate of drug-likeness (QED) is 0.864. The monoisotopic (exact) mass is 248 g/mol. The van der Waals surface area contributed by atoms with E-state index in [0.29, 0.717) is 25.9 Å². The van der Waals surface area contributed by atoms with E-state index in [4.69, 9.17) is 5.11 Å². The summed E-state index contributed by atoms with van der Waals surface area (Å²) in [5.41, 5.74) is 0.910. The molecule has 2 rings (SSSR count). The van der Waals surface area contributed by atoms with Gasteiger partial charge < -0.3 is 10.0 Å². The Morgan fingerprint density at radius 2 is 2.11 bits per heavy atom. The van der Waals surface area contributed by atoms with E-state index in [0.717, 1.165) is 12.0 Å². The van der Waals surface area contributed by atoms with E-state index in [-0.39, 0.29) is 5.91 Å². The van der Waals surface area contributed by atoms with Crippen molar-refractivity contribution >= 4 is 11.9 Å². The number of pyridine rings is 1. The third-order valence-corrected chi connectivity index (χ3v) is 3.23. The summed E-state index contributed by atoms with van der Waals surface area (Å²) in [7, 11) is 0. The van der Waals surface area contributed by atoms with Gasteiger partial charge in [-0.2, -0.15) is 0 Å². The lowest BCUT2D eigenvalue weighted by Gasteiger charge is -2.30. The van der Waals surface area contributed by atoms with E-state index in [1.165, 1.54) is 0 Å². The zero-order valence-corrected chi connectivity index (χ0v) is 10.1. The molecule has 1 aromatic rings. The summed E-state index contributed by atoms with van der Waals surface area (Å²) >= 11 is 0. The number of nitrogens with zero attached hydrogens (tertiary/aromatic N) is 2. The fourth-order valence-electron chi connectivity index (χ4n) is 2.19. The normalized spacial score (nSPS) is 19.6. The number of aromatic nitrogens is 1. The molecular weight excluding hydrogens is 232 g/mol. The second-order valence-electron chi connectivity index (χ2n) is 4.55. The molecule has 2 heterocycles. The molecule has 0 radical (unpaired) electrons. The molecule has 1 N–H and O–H groups in total. The lowest BCUT2D eigenvalue weighted by molar-refractivity contribution is -0.145. The van der Waals surface area contributed by atoms with Gasteiger partial charge in [-0.1, -0.05) is 0 Å². The van der Waals surface area contributed by atoms with Gasteiger partial charge in [0.25, 0.3) is 0 Å². The highest BCUT2D eigenvalue weighted by Gasteiger charge is 2.27. The highest BCUT2D eigenvalue weighted by Crippen LogP contribution is 2.17. The lowest BCUT2D eigenvalue weighted by atomic mass is 9.98. The van der Waals surface area contributed by atoms with Gasteiger partial charge in [0.15, 0.2) is 0 Å². The summed E-state index contributed by atoms with van der Waals surface area (Å²) in [6.45, 7) is 0.993. The van der Waals surface area contributed by atoms with Crippen LogP contribution in [-0.4, -0.2) is 40.0 Å². The first-order valence-electron chi connectivity index (χ1n) is 6.06. The van der Waals surface area contributed by atoms with E-state index in [2.05, 4.69) is 4.98 Å². The third kappa shape index (κ3) is 3.06. The predicted molar refractivity (Wildman–Crippen MR) is 64.9 cm³/mol. The Morgan fingerprint density at radius 1 is 1.39 bits per heavy atom. The van der Waals surface area contributed by atoms with E-state index in [1.807, 2.05) is 0 Å². The fourth-order valence-corrected chi connectivity index (χ4v) is 2.19. The minimum Gasteiger partial charge on any atom is -0.481 e. The van der Waals surface area contributed by atoms with Crippen molar-refractivity contribution in [2.24, 2.45) is 5.92 Å². The van der Waals surface area contributed by atoms with Crippen LogP contribution in [-0.2, 0) is 16.0 Å². The number of carboxylic acid groups (broad SMARTS) is 1. The van der Waals surface area contributed by atoms with Crippen LogP contribution in [0, 0.1) is 5.92 Å². The zero-order chi connectivity index (χ0) is 13.0. The summed E-state index contributed by atoms with van der Waals surface area (Å²) in [5.74, 6) is -1.23. The summed E-state index contributed by atoms with van der Waals surface area (Å²) < 4.78 is 0. The third-order valence-electron chi connectivity index (χ3n) is 3.23. The largest absolute Gasteiger partial charge is 0.481 e. The Morgan fingerprint density at radius 3 is 2.78 bits per heavy atom. The maximum Gasteiger partial charge on any atom is 0.308 e. The molecule has 0 spiro atoms. The van der Waals surface area contributed by atoms with Crippen molar-refractivity contribution in [2.45, 2.75) is 19.3 Å². The predicted octanol–water partition coefficient (Wildman–Crippen LogP) is 0.947. The van der Waals surface area contributed by atoms with Gasteiger partial charge in [-0.25, -0.2) is 0 Å². The van der Waals surface area contributed by atoms with Crippen LogP contribution in [0.3, 0.4) is 0 Å². The van der Waals surface area contributed by atoms with Crippen molar-refractivity contribution in [1.82, 2.24) is 9.88 Å². The Balaban J connectivity index is 1.95. The zero-order valence-electron chi connectivity index (χ0n) is 10.1. The number of hydrogen-bond donors (Lipinski definition) is 1. The van der Waals surface area contributed by atoms with Crippen molar-refractivity contribution in [3.05, 3.63) is 30.1 Å². The fraction of sp³-hybridized carbons (Fsp3) is 0.462. The first-order valence-corrected chi connectivity index (χ1v) is 6.06. The first kappa shape index (κ1) is 12.5. The molecule has 1 amide bonds. The van der Waals surface area contributed by atoms with E-state index < -0.39 is 11.9 Å². The molecule has 18 heavy (non-hydrogen) atoms. The van der Waals surface area contributed by atoms with E-state index in [1.54, 1.807) is 29.4 Å². The van der Waals surface area contributed by atoms with Gasteiger partial charge in [-0.05, 0) is 30.5 Å². The average molecular weight is 248 g/mol. The Kier molecular flexibility index (Phi) is 3.92. The molecule has 0 aromatic carbocycles. The molecule has 0 unspecified atom stereocenters. The standard InChI is InChI=1S/C13H16N2O3/c16-12(8-10-3-5-14-6-4-10)15-7-1-2-11(9-15)13(17)18/h3-6,11H,1-2,7-9H2,(H,17,18)/t11-/m0/s1. The van der Waals surface area contributed by atoms with E-state index in [9.17, 15) is 9.59 Å². The molecule has 1 aromatic heterocycles. The minimum absolute atomic E-state index is 0.00727. The van der Waals surface area contributed by atoms with Gasteiger partial charge >= 0.3 is 5.97 Å². The summed E-state index contributed by atoms with van der Waals surface area (Å²) in [6, 6.07) is 3.60. The first-order chi connectivity index (χ1) is 8.66. The number of amides is 1. The molecule has 96 valence electrons. The lowest BCUT2D eigenvalue weighted by Crippen LogP contribution is -2.42. The van der Waals surface area contributed by atoms with Gasteiger partial charge in [0, 0.05) is 25.5 Å². The smallest absolute Gasteiger partial charge is 0.308 e. The molecule has 1 fully saturated rings. The van der Waals surface area contributed by atoms with Crippen molar-refractivity contribution in [3.63, 3.8) is 0 Å².